The lowest BCUT2D eigenvalue weighted by atomic mass is 10.2. The molecule has 0 aromatic heterocycles. The van der Waals surface area contributed by atoms with Crippen molar-refractivity contribution in [2.45, 2.75) is 25.8 Å². The number of carbonyl (C=O) groups is 1. The van der Waals surface area contributed by atoms with Gasteiger partial charge in [0.25, 0.3) is 0 Å². The molecule has 1 aliphatic heterocycles. The smallest absolute Gasteiger partial charge is 0.324 e. The Bertz CT molecular complexity index is 363. The number of hydrogen-bond acceptors (Lipinski definition) is 4. The summed E-state index contributed by atoms with van der Waals surface area (Å²) in [6.07, 6.45) is 2.56. The summed E-state index contributed by atoms with van der Waals surface area (Å²) in [4.78, 5) is 11.6. The molecule has 0 aromatic carbocycles. The molecule has 1 atom stereocenters. The SMILES string of the molecule is C=CCS(=O)(=O)N1CCCC1C(=O)OCC. The van der Waals surface area contributed by atoms with Crippen molar-refractivity contribution in [3.05, 3.63) is 12.7 Å². The van der Waals surface area contributed by atoms with Crippen LogP contribution in [0.15, 0.2) is 12.7 Å². The molecule has 92 valence electrons. The third kappa shape index (κ3) is 2.82. The lowest BCUT2D eigenvalue weighted by Crippen LogP contribution is -2.42. The minimum Gasteiger partial charge on any atom is -0.465 e. The van der Waals surface area contributed by atoms with Crippen molar-refractivity contribution < 1.29 is 17.9 Å². The molecule has 0 aliphatic carbocycles. The number of ether oxygens (including phenoxy) is 1. The number of sulfonamides is 1. The monoisotopic (exact) mass is 247 g/mol. The Morgan fingerprint density at radius 1 is 1.62 bits per heavy atom. The third-order valence-corrected chi connectivity index (χ3v) is 4.26. The molecule has 0 saturated carbocycles. The number of rotatable bonds is 5. The summed E-state index contributed by atoms with van der Waals surface area (Å²) in [6.45, 7) is 5.76. The summed E-state index contributed by atoms with van der Waals surface area (Å²) in [5.74, 6) is -0.587. The van der Waals surface area contributed by atoms with E-state index < -0.39 is 22.0 Å². The molecule has 1 aliphatic rings. The van der Waals surface area contributed by atoms with Crippen molar-refractivity contribution in [1.29, 1.82) is 0 Å². The maximum Gasteiger partial charge on any atom is 0.324 e. The van der Waals surface area contributed by atoms with E-state index in [9.17, 15) is 13.2 Å². The molecular formula is C10H17NO4S. The van der Waals surface area contributed by atoms with Gasteiger partial charge in [-0.25, -0.2) is 8.42 Å². The van der Waals surface area contributed by atoms with E-state index in [4.69, 9.17) is 4.74 Å². The summed E-state index contributed by atoms with van der Waals surface area (Å²) >= 11 is 0. The minimum atomic E-state index is -3.41. The average molecular weight is 247 g/mol. The Morgan fingerprint density at radius 2 is 2.31 bits per heavy atom. The summed E-state index contributed by atoms with van der Waals surface area (Å²) in [5, 5.41) is 0. The zero-order valence-electron chi connectivity index (χ0n) is 9.39. The van der Waals surface area contributed by atoms with Gasteiger partial charge >= 0.3 is 5.97 Å². The van der Waals surface area contributed by atoms with Gasteiger partial charge in [0.1, 0.15) is 6.04 Å². The first-order chi connectivity index (χ1) is 7.53. The van der Waals surface area contributed by atoms with E-state index in [1.54, 1.807) is 6.92 Å². The van der Waals surface area contributed by atoms with Crippen LogP contribution in [0.1, 0.15) is 19.8 Å². The molecular weight excluding hydrogens is 230 g/mol. The highest BCUT2D eigenvalue weighted by molar-refractivity contribution is 7.89. The topological polar surface area (TPSA) is 63.7 Å². The zero-order chi connectivity index (χ0) is 12.2. The van der Waals surface area contributed by atoms with Gasteiger partial charge in [-0.05, 0) is 19.8 Å². The van der Waals surface area contributed by atoms with Gasteiger partial charge in [-0.15, -0.1) is 6.58 Å². The van der Waals surface area contributed by atoms with Crippen LogP contribution in [0, 0.1) is 0 Å². The zero-order valence-corrected chi connectivity index (χ0v) is 10.2. The van der Waals surface area contributed by atoms with Crippen molar-refractivity contribution in [2.75, 3.05) is 18.9 Å². The van der Waals surface area contributed by atoms with Gasteiger partial charge in [0.15, 0.2) is 0 Å². The standard InChI is InChI=1S/C10H17NO4S/c1-3-8-16(13,14)11-7-5-6-9(11)10(12)15-4-2/h3,9H,1,4-8H2,2H3. The minimum absolute atomic E-state index is 0.136. The molecule has 0 spiro atoms. The summed E-state index contributed by atoms with van der Waals surface area (Å²) in [6, 6.07) is -0.648. The van der Waals surface area contributed by atoms with Crippen LogP contribution in [0.2, 0.25) is 0 Å². The average Bonchev–Trinajstić information content (AvgIpc) is 2.66. The molecule has 16 heavy (non-hydrogen) atoms. The van der Waals surface area contributed by atoms with E-state index in [-0.39, 0.29) is 12.4 Å². The molecule has 0 bridgehead atoms. The molecule has 5 nitrogen and oxygen atoms in total. The van der Waals surface area contributed by atoms with E-state index in [1.807, 2.05) is 0 Å². The van der Waals surface area contributed by atoms with E-state index in [2.05, 4.69) is 6.58 Å². The predicted octanol–water partition coefficient (Wildman–Crippen LogP) is 0.530. The second kappa shape index (κ2) is 5.45. The number of esters is 1. The van der Waals surface area contributed by atoms with Gasteiger partial charge in [0, 0.05) is 6.54 Å². The number of carbonyl (C=O) groups excluding carboxylic acids is 1. The maximum atomic E-state index is 11.8. The second-order valence-electron chi connectivity index (χ2n) is 3.59. The van der Waals surface area contributed by atoms with Gasteiger partial charge in [-0.1, -0.05) is 6.08 Å². The van der Waals surface area contributed by atoms with E-state index in [0.717, 1.165) is 0 Å². The van der Waals surface area contributed by atoms with Crippen LogP contribution in [-0.4, -0.2) is 43.6 Å². The maximum absolute atomic E-state index is 11.8. The molecule has 1 unspecified atom stereocenters. The molecule has 0 aromatic rings. The first-order valence-electron chi connectivity index (χ1n) is 5.30. The highest BCUT2D eigenvalue weighted by Crippen LogP contribution is 2.22. The molecule has 6 heteroatoms. The van der Waals surface area contributed by atoms with E-state index in [1.165, 1.54) is 10.4 Å². The van der Waals surface area contributed by atoms with Gasteiger partial charge < -0.3 is 4.74 Å². The van der Waals surface area contributed by atoms with Crippen molar-refractivity contribution in [3.8, 4) is 0 Å². The van der Waals surface area contributed by atoms with Crippen molar-refractivity contribution in [2.24, 2.45) is 0 Å². The molecule has 1 fully saturated rings. The first kappa shape index (κ1) is 13.2. The highest BCUT2D eigenvalue weighted by atomic mass is 32.2. The molecule has 0 N–H and O–H groups in total. The molecule has 1 saturated heterocycles. The van der Waals surface area contributed by atoms with Crippen LogP contribution in [-0.2, 0) is 19.6 Å². The fourth-order valence-electron chi connectivity index (χ4n) is 1.79. The van der Waals surface area contributed by atoms with Crippen molar-refractivity contribution >= 4 is 16.0 Å². The van der Waals surface area contributed by atoms with E-state index >= 15 is 0 Å². The normalized spacial score (nSPS) is 21.9. The molecule has 1 rings (SSSR count). The Kier molecular flexibility index (Phi) is 4.49. The third-order valence-electron chi connectivity index (χ3n) is 2.45. The van der Waals surface area contributed by atoms with Gasteiger partial charge in [-0.2, -0.15) is 4.31 Å². The fourth-order valence-corrected chi connectivity index (χ4v) is 3.27. The Balaban J connectivity index is 2.80. The number of nitrogens with zero attached hydrogens (tertiary/aromatic N) is 1. The van der Waals surface area contributed by atoms with E-state index in [0.29, 0.717) is 19.4 Å². The lowest BCUT2D eigenvalue weighted by molar-refractivity contribution is -0.146. The van der Waals surface area contributed by atoms with Crippen LogP contribution >= 0.6 is 0 Å². The van der Waals surface area contributed by atoms with Gasteiger partial charge in [-0.3, -0.25) is 4.79 Å². The Hall–Kier alpha value is -0.880. The first-order valence-corrected chi connectivity index (χ1v) is 6.91. The summed E-state index contributed by atoms with van der Waals surface area (Å²) in [5.41, 5.74) is 0. The van der Waals surface area contributed by atoms with Crippen LogP contribution in [0.5, 0.6) is 0 Å². The largest absolute Gasteiger partial charge is 0.465 e. The van der Waals surface area contributed by atoms with Crippen LogP contribution < -0.4 is 0 Å². The number of hydrogen-bond donors (Lipinski definition) is 0. The summed E-state index contributed by atoms with van der Waals surface area (Å²) in [7, 11) is -3.41. The predicted molar refractivity (Wildman–Crippen MR) is 60.3 cm³/mol. The second-order valence-corrected chi connectivity index (χ2v) is 5.55. The summed E-state index contributed by atoms with van der Waals surface area (Å²) < 4.78 is 29.7. The Labute approximate surface area is 96.1 Å². The van der Waals surface area contributed by atoms with Crippen LogP contribution in [0.3, 0.4) is 0 Å². The molecule has 1 heterocycles. The van der Waals surface area contributed by atoms with Crippen LogP contribution in [0.4, 0.5) is 0 Å². The Morgan fingerprint density at radius 3 is 2.88 bits per heavy atom. The highest BCUT2D eigenvalue weighted by Gasteiger charge is 2.38. The van der Waals surface area contributed by atoms with Gasteiger partial charge in [0.2, 0.25) is 10.0 Å². The lowest BCUT2D eigenvalue weighted by Gasteiger charge is -2.21. The van der Waals surface area contributed by atoms with Crippen molar-refractivity contribution in [3.63, 3.8) is 0 Å². The van der Waals surface area contributed by atoms with Crippen LogP contribution in [0.25, 0.3) is 0 Å². The van der Waals surface area contributed by atoms with Crippen molar-refractivity contribution in [1.82, 2.24) is 4.31 Å². The quantitative estimate of drug-likeness (QED) is 0.525. The van der Waals surface area contributed by atoms with Gasteiger partial charge in [0.05, 0.1) is 12.4 Å². The molecule has 0 radical (unpaired) electrons. The fraction of sp³-hybridized carbons (Fsp3) is 0.700. The molecule has 0 amide bonds.